The van der Waals surface area contributed by atoms with Crippen LogP contribution in [0.2, 0.25) is 0 Å². The number of nitrogens with zero attached hydrogens (tertiary/aromatic N) is 2. The van der Waals surface area contributed by atoms with E-state index in [9.17, 15) is 5.26 Å². The van der Waals surface area contributed by atoms with Gasteiger partial charge in [0.25, 0.3) is 5.89 Å². The minimum absolute atomic E-state index is 0.133. The number of hydrogen-bond donors (Lipinski definition) is 1. The number of oxazole rings is 1. The average Bonchev–Trinajstić information content (AvgIpc) is 3.45. The van der Waals surface area contributed by atoms with Crippen LogP contribution in [0, 0.1) is 18.3 Å². The second-order valence-corrected chi connectivity index (χ2v) is 6.70. The number of rotatable bonds is 7. The fraction of sp³-hybridized carbons (Fsp3) is 0.333. The van der Waals surface area contributed by atoms with E-state index in [-0.39, 0.29) is 17.7 Å². The Balaban J connectivity index is 1.42. The standard InChI is InChI=1S/C21H21N3O4/c1-14-4-2-5-15(10-14)26-13-17-7-8-19(27-17)21-24-18(11-22)20(28-21)23-12-16-6-3-9-25-16/h2,4-5,7-8,10,16,23H,3,6,9,12-13H2,1H3/t16-/m0/s1. The fourth-order valence-corrected chi connectivity index (χ4v) is 3.06. The van der Waals surface area contributed by atoms with E-state index in [2.05, 4.69) is 10.3 Å². The van der Waals surface area contributed by atoms with Crippen LogP contribution in [0.5, 0.6) is 5.75 Å². The van der Waals surface area contributed by atoms with Gasteiger partial charge >= 0.3 is 0 Å². The topological polar surface area (TPSA) is 93.5 Å². The Hall–Kier alpha value is -3.24. The molecule has 28 heavy (non-hydrogen) atoms. The van der Waals surface area contributed by atoms with Crippen LogP contribution in [-0.4, -0.2) is 24.2 Å². The molecule has 0 unspecified atom stereocenters. The lowest BCUT2D eigenvalue weighted by molar-refractivity contribution is 0.120. The van der Waals surface area contributed by atoms with Crippen LogP contribution in [0.3, 0.4) is 0 Å². The highest BCUT2D eigenvalue weighted by Crippen LogP contribution is 2.28. The molecule has 144 valence electrons. The minimum atomic E-state index is 0.133. The van der Waals surface area contributed by atoms with Gasteiger partial charge in [0.1, 0.15) is 24.2 Å². The maximum Gasteiger partial charge on any atom is 0.266 e. The number of hydrogen-bond acceptors (Lipinski definition) is 7. The van der Waals surface area contributed by atoms with Crippen molar-refractivity contribution in [1.29, 1.82) is 5.26 Å². The molecule has 1 fully saturated rings. The molecule has 7 nitrogen and oxygen atoms in total. The van der Waals surface area contributed by atoms with Crippen molar-refractivity contribution >= 4 is 5.88 Å². The highest BCUT2D eigenvalue weighted by Gasteiger charge is 2.20. The zero-order valence-electron chi connectivity index (χ0n) is 15.6. The maximum absolute atomic E-state index is 9.31. The number of nitrogens with one attached hydrogen (secondary N) is 1. The van der Waals surface area contributed by atoms with E-state index in [0.717, 1.165) is 30.8 Å². The summed E-state index contributed by atoms with van der Waals surface area (Å²) >= 11 is 0. The van der Waals surface area contributed by atoms with Gasteiger partial charge in [0.2, 0.25) is 11.6 Å². The molecule has 3 aromatic rings. The Morgan fingerprint density at radius 1 is 1.29 bits per heavy atom. The zero-order valence-corrected chi connectivity index (χ0v) is 15.6. The van der Waals surface area contributed by atoms with Gasteiger partial charge in [0.15, 0.2) is 5.76 Å². The van der Waals surface area contributed by atoms with Crippen molar-refractivity contribution in [1.82, 2.24) is 4.98 Å². The maximum atomic E-state index is 9.31. The van der Waals surface area contributed by atoms with Gasteiger partial charge in [-0.1, -0.05) is 12.1 Å². The Labute approximate surface area is 162 Å². The van der Waals surface area contributed by atoms with Crippen molar-refractivity contribution < 1.29 is 18.3 Å². The third kappa shape index (κ3) is 4.18. The fourth-order valence-electron chi connectivity index (χ4n) is 3.06. The van der Waals surface area contributed by atoms with Gasteiger partial charge in [-0.2, -0.15) is 10.2 Å². The molecule has 0 aliphatic carbocycles. The molecule has 1 saturated heterocycles. The van der Waals surface area contributed by atoms with Gasteiger partial charge in [0, 0.05) is 13.2 Å². The molecule has 0 radical (unpaired) electrons. The molecule has 4 rings (SSSR count). The number of ether oxygens (including phenoxy) is 2. The van der Waals surface area contributed by atoms with Crippen LogP contribution < -0.4 is 10.1 Å². The predicted octanol–water partition coefficient (Wildman–Crippen LogP) is 4.28. The second kappa shape index (κ2) is 8.19. The van der Waals surface area contributed by atoms with Crippen molar-refractivity contribution in [3.8, 4) is 23.5 Å². The van der Waals surface area contributed by atoms with E-state index in [0.29, 0.717) is 30.6 Å². The van der Waals surface area contributed by atoms with Crippen LogP contribution in [0.15, 0.2) is 45.2 Å². The summed E-state index contributed by atoms with van der Waals surface area (Å²) in [4.78, 5) is 4.22. The second-order valence-electron chi connectivity index (χ2n) is 6.70. The average molecular weight is 379 g/mol. The normalized spacial score (nSPS) is 16.1. The number of aryl methyl sites for hydroxylation is 1. The summed E-state index contributed by atoms with van der Waals surface area (Å²) in [5.74, 6) is 2.46. The van der Waals surface area contributed by atoms with Crippen molar-refractivity contribution in [2.75, 3.05) is 18.5 Å². The molecular weight excluding hydrogens is 358 g/mol. The molecule has 0 spiro atoms. The lowest BCUT2D eigenvalue weighted by atomic mass is 10.2. The molecule has 1 N–H and O–H groups in total. The molecular formula is C21H21N3O4. The lowest BCUT2D eigenvalue weighted by Crippen LogP contribution is -2.18. The predicted molar refractivity (Wildman–Crippen MR) is 102 cm³/mol. The first-order chi connectivity index (χ1) is 13.7. The highest BCUT2D eigenvalue weighted by atomic mass is 16.5. The molecule has 1 aliphatic heterocycles. The first kappa shape index (κ1) is 18.1. The smallest absolute Gasteiger partial charge is 0.266 e. The summed E-state index contributed by atoms with van der Waals surface area (Å²) < 4.78 is 22.8. The van der Waals surface area contributed by atoms with Crippen molar-refractivity contribution in [3.05, 3.63) is 53.4 Å². The first-order valence-electron chi connectivity index (χ1n) is 9.26. The number of aromatic nitrogens is 1. The van der Waals surface area contributed by atoms with E-state index >= 15 is 0 Å². The van der Waals surface area contributed by atoms with Crippen molar-refractivity contribution in [3.63, 3.8) is 0 Å². The van der Waals surface area contributed by atoms with Crippen LogP contribution in [-0.2, 0) is 11.3 Å². The van der Waals surface area contributed by atoms with E-state index in [1.54, 1.807) is 12.1 Å². The molecule has 0 saturated carbocycles. The van der Waals surface area contributed by atoms with Gasteiger partial charge in [0.05, 0.1) is 6.10 Å². The Bertz CT molecular complexity index is 980. The lowest BCUT2D eigenvalue weighted by Gasteiger charge is -2.09. The molecule has 3 heterocycles. The summed E-state index contributed by atoms with van der Waals surface area (Å²) in [6.45, 7) is 3.66. The van der Waals surface area contributed by atoms with Gasteiger partial charge < -0.3 is 23.6 Å². The first-order valence-corrected chi connectivity index (χ1v) is 9.26. The third-order valence-corrected chi connectivity index (χ3v) is 4.49. The Morgan fingerprint density at radius 2 is 2.21 bits per heavy atom. The monoisotopic (exact) mass is 379 g/mol. The van der Waals surface area contributed by atoms with E-state index in [1.165, 1.54) is 0 Å². The quantitative estimate of drug-likeness (QED) is 0.654. The van der Waals surface area contributed by atoms with E-state index in [1.807, 2.05) is 37.3 Å². The summed E-state index contributed by atoms with van der Waals surface area (Å²) in [5.41, 5.74) is 1.33. The summed E-state index contributed by atoms with van der Waals surface area (Å²) in [6, 6.07) is 13.4. The molecule has 1 atom stereocenters. The van der Waals surface area contributed by atoms with Crippen LogP contribution in [0.1, 0.15) is 29.9 Å². The number of benzene rings is 1. The van der Waals surface area contributed by atoms with Gasteiger partial charge in [-0.25, -0.2) is 0 Å². The SMILES string of the molecule is Cc1cccc(OCc2ccc(-c3nc(C#N)c(NC[C@@H]4CCCO4)o3)o2)c1. The van der Waals surface area contributed by atoms with Gasteiger partial charge in [-0.15, -0.1) is 0 Å². The van der Waals surface area contributed by atoms with Crippen LogP contribution in [0.4, 0.5) is 5.88 Å². The molecule has 2 aromatic heterocycles. The Kier molecular flexibility index (Phi) is 5.31. The zero-order chi connectivity index (χ0) is 19.3. The summed E-state index contributed by atoms with van der Waals surface area (Å²) in [7, 11) is 0. The molecule has 1 aromatic carbocycles. The third-order valence-electron chi connectivity index (χ3n) is 4.49. The minimum Gasteiger partial charge on any atom is -0.486 e. The van der Waals surface area contributed by atoms with Gasteiger partial charge in [-0.3, -0.25) is 0 Å². The molecule has 1 aliphatic rings. The van der Waals surface area contributed by atoms with E-state index < -0.39 is 0 Å². The summed E-state index contributed by atoms with van der Waals surface area (Å²) in [6.07, 6.45) is 2.19. The van der Waals surface area contributed by atoms with Crippen LogP contribution in [0.25, 0.3) is 11.7 Å². The van der Waals surface area contributed by atoms with Crippen LogP contribution >= 0.6 is 0 Å². The largest absolute Gasteiger partial charge is 0.486 e. The molecule has 7 heteroatoms. The number of nitriles is 1. The van der Waals surface area contributed by atoms with Crippen molar-refractivity contribution in [2.45, 2.75) is 32.5 Å². The Morgan fingerprint density at radius 3 is 3.00 bits per heavy atom. The van der Waals surface area contributed by atoms with Gasteiger partial charge in [-0.05, 0) is 49.6 Å². The number of anilines is 1. The van der Waals surface area contributed by atoms with E-state index in [4.69, 9.17) is 18.3 Å². The highest BCUT2D eigenvalue weighted by molar-refractivity contribution is 5.54. The molecule has 0 amide bonds. The number of furan rings is 1. The summed E-state index contributed by atoms with van der Waals surface area (Å²) in [5, 5.41) is 12.4. The molecule has 0 bridgehead atoms. The van der Waals surface area contributed by atoms with Crippen molar-refractivity contribution in [2.24, 2.45) is 0 Å².